The summed E-state index contributed by atoms with van der Waals surface area (Å²) in [6.45, 7) is 2.97. The fourth-order valence-electron chi connectivity index (χ4n) is 3.47. The Labute approximate surface area is 176 Å². The van der Waals surface area contributed by atoms with Crippen molar-refractivity contribution in [3.8, 4) is 17.2 Å². The summed E-state index contributed by atoms with van der Waals surface area (Å²) in [5.74, 6) is 0.0640. The van der Waals surface area contributed by atoms with Gasteiger partial charge in [-0.2, -0.15) is 0 Å². The molecule has 0 aliphatic carbocycles. The highest BCUT2D eigenvalue weighted by Crippen LogP contribution is 2.40. The van der Waals surface area contributed by atoms with Crippen LogP contribution in [0.4, 0.5) is 0 Å². The molecular formula is C21H30N2O7. The van der Waals surface area contributed by atoms with Gasteiger partial charge in [-0.1, -0.05) is 0 Å². The molecule has 30 heavy (non-hydrogen) atoms. The number of carbonyl (C=O) groups excluding carboxylic acids is 3. The Balaban J connectivity index is 2.03. The van der Waals surface area contributed by atoms with E-state index in [0.717, 1.165) is 0 Å². The Morgan fingerprint density at radius 2 is 1.67 bits per heavy atom. The number of amides is 2. The predicted octanol–water partition coefficient (Wildman–Crippen LogP) is 1.59. The molecule has 1 fully saturated rings. The molecule has 9 heteroatoms. The van der Waals surface area contributed by atoms with E-state index in [1.807, 2.05) is 0 Å². The number of ether oxygens (including phenoxy) is 4. The van der Waals surface area contributed by atoms with Crippen LogP contribution in [0.15, 0.2) is 12.1 Å². The van der Waals surface area contributed by atoms with Gasteiger partial charge in [0, 0.05) is 20.1 Å². The molecule has 2 amide bonds. The maximum atomic E-state index is 12.9. The van der Waals surface area contributed by atoms with Crippen molar-refractivity contribution in [1.82, 2.24) is 9.80 Å². The van der Waals surface area contributed by atoms with Gasteiger partial charge in [-0.15, -0.1) is 0 Å². The zero-order valence-corrected chi connectivity index (χ0v) is 18.2. The van der Waals surface area contributed by atoms with E-state index >= 15 is 0 Å². The van der Waals surface area contributed by atoms with Gasteiger partial charge in [-0.25, -0.2) is 0 Å². The van der Waals surface area contributed by atoms with E-state index in [1.165, 1.54) is 26.2 Å². The maximum Gasteiger partial charge on any atom is 0.309 e. The van der Waals surface area contributed by atoms with Crippen LogP contribution in [0.2, 0.25) is 0 Å². The molecule has 1 aliphatic rings. The van der Waals surface area contributed by atoms with Crippen LogP contribution < -0.4 is 14.2 Å². The van der Waals surface area contributed by atoms with Crippen LogP contribution in [0, 0.1) is 5.92 Å². The van der Waals surface area contributed by atoms with Gasteiger partial charge in [0.15, 0.2) is 11.5 Å². The van der Waals surface area contributed by atoms with Crippen molar-refractivity contribution in [3.63, 3.8) is 0 Å². The van der Waals surface area contributed by atoms with E-state index in [-0.39, 0.29) is 41.6 Å². The zero-order valence-electron chi connectivity index (χ0n) is 18.2. The Morgan fingerprint density at radius 3 is 2.20 bits per heavy atom. The number of likely N-dealkylation sites (N-methyl/N-ethyl adjacent to an activating group) is 1. The van der Waals surface area contributed by atoms with Gasteiger partial charge < -0.3 is 28.7 Å². The minimum Gasteiger partial charge on any atom is -0.493 e. The number of benzene rings is 1. The second-order valence-corrected chi connectivity index (χ2v) is 6.95. The minimum atomic E-state index is -0.373. The average Bonchev–Trinajstić information content (AvgIpc) is 2.77. The topological polar surface area (TPSA) is 94.6 Å². The smallest absolute Gasteiger partial charge is 0.309 e. The van der Waals surface area contributed by atoms with E-state index in [2.05, 4.69) is 0 Å². The fraction of sp³-hybridized carbons (Fsp3) is 0.571. The van der Waals surface area contributed by atoms with Crippen LogP contribution in [0.5, 0.6) is 17.2 Å². The van der Waals surface area contributed by atoms with E-state index in [9.17, 15) is 14.4 Å². The van der Waals surface area contributed by atoms with Crippen molar-refractivity contribution in [1.29, 1.82) is 0 Å². The molecule has 0 atom stereocenters. The molecule has 0 N–H and O–H groups in total. The van der Waals surface area contributed by atoms with E-state index in [4.69, 9.17) is 18.9 Å². The molecule has 1 saturated heterocycles. The first kappa shape index (κ1) is 23.3. The summed E-state index contributed by atoms with van der Waals surface area (Å²) < 4.78 is 21.0. The summed E-state index contributed by atoms with van der Waals surface area (Å²) in [6.07, 6.45) is 1.12. The summed E-state index contributed by atoms with van der Waals surface area (Å²) in [5, 5.41) is 0. The molecule has 166 valence electrons. The number of methoxy groups -OCH3 is 3. The molecule has 2 rings (SSSR count). The van der Waals surface area contributed by atoms with Gasteiger partial charge in [0.2, 0.25) is 11.7 Å². The van der Waals surface area contributed by atoms with Crippen molar-refractivity contribution in [3.05, 3.63) is 17.7 Å². The number of nitrogens with zero attached hydrogens (tertiary/aromatic N) is 2. The Kier molecular flexibility index (Phi) is 8.32. The highest BCUT2D eigenvalue weighted by atomic mass is 16.5. The monoisotopic (exact) mass is 422 g/mol. The molecule has 1 aromatic rings. The fourth-order valence-corrected chi connectivity index (χ4v) is 3.47. The molecule has 0 unspecified atom stereocenters. The number of hydrogen-bond acceptors (Lipinski definition) is 7. The molecular weight excluding hydrogens is 392 g/mol. The molecule has 1 aliphatic heterocycles. The molecule has 1 aromatic carbocycles. The second kappa shape index (κ2) is 10.7. The van der Waals surface area contributed by atoms with Gasteiger partial charge >= 0.3 is 5.97 Å². The highest BCUT2D eigenvalue weighted by Gasteiger charge is 2.30. The highest BCUT2D eigenvalue weighted by molar-refractivity contribution is 5.99. The first-order valence-corrected chi connectivity index (χ1v) is 9.86. The predicted molar refractivity (Wildman–Crippen MR) is 109 cm³/mol. The standard InChI is InChI=1S/C21H30N2O7/c1-6-30-21(26)14-9-11-23(12-10-14)17(24)13-22(2)20(25)15-7-8-16(27-3)19(29-5)18(15)28-4/h7-8,14H,6,9-13H2,1-5H3. The van der Waals surface area contributed by atoms with E-state index in [0.29, 0.717) is 44.0 Å². The van der Waals surface area contributed by atoms with Crippen molar-refractivity contribution < 1.29 is 33.3 Å². The van der Waals surface area contributed by atoms with Gasteiger partial charge in [-0.05, 0) is 31.9 Å². The maximum absolute atomic E-state index is 12.9. The Morgan fingerprint density at radius 1 is 1.03 bits per heavy atom. The first-order valence-electron chi connectivity index (χ1n) is 9.86. The van der Waals surface area contributed by atoms with E-state index < -0.39 is 0 Å². The third-order valence-electron chi connectivity index (χ3n) is 5.12. The number of hydrogen-bond donors (Lipinski definition) is 0. The van der Waals surface area contributed by atoms with Gasteiger partial charge in [0.1, 0.15) is 0 Å². The van der Waals surface area contributed by atoms with Crippen LogP contribution in [0.1, 0.15) is 30.1 Å². The van der Waals surface area contributed by atoms with Crippen molar-refractivity contribution >= 4 is 17.8 Å². The molecule has 0 saturated carbocycles. The van der Waals surface area contributed by atoms with Crippen molar-refractivity contribution in [2.24, 2.45) is 5.92 Å². The summed E-state index contributed by atoms with van der Waals surface area (Å²) in [6, 6.07) is 3.19. The number of piperidine rings is 1. The van der Waals surface area contributed by atoms with Crippen LogP contribution in [-0.4, -0.2) is 82.2 Å². The number of esters is 1. The van der Waals surface area contributed by atoms with Crippen molar-refractivity contribution in [2.75, 3.05) is 54.6 Å². The lowest BCUT2D eigenvalue weighted by Crippen LogP contribution is -2.45. The summed E-state index contributed by atoms with van der Waals surface area (Å²) >= 11 is 0. The second-order valence-electron chi connectivity index (χ2n) is 6.95. The van der Waals surface area contributed by atoms with Crippen LogP contribution >= 0.6 is 0 Å². The molecule has 9 nitrogen and oxygen atoms in total. The number of likely N-dealkylation sites (tertiary alicyclic amines) is 1. The van der Waals surface area contributed by atoms with Gasteiger partial charge in [0.05, 0.1) is 46.0 Å². The largest absolute Gasteiger partial charge is 0.493 e. The minimum absolute atomic E-state index is 0.0829. The number of carbonyl (C=O) groups is 3. The lowest BCUT2D eigenvalue weighted by Gasteiger charge is -2.32. The quantitative estimate of drug-likeness (QED) is 0.587. The molecule has 0 radical (unpaired) electrons. The molecule has 0 spiro atoms. The average molecular weight is 422 g/mol. The lowest BCUT2D eigenvalue weighted by atomic mass is 9.97. The van der Waals surface area contributed by atoms with Crippen LogP contribution in [0.25, 0.3) is 0 Å². The van der Waals surface area contributed by atoms with Gasteiger partial charge in [-0.3, -0.25) is 14.4 Å². The third kappa shape index (κ3) is 5.14. The summed E-state index contributed by atoms with van der Waals surface area (Å²) in [7, 11) is 5.95. The molecule has 0 bridgehead atoms. The Bertz CT molecular complexity index is 773. The van der Waals surface area contributed by atoms with Crippen molar-refractivity contribution in [2.45, 2.75) is 19.8 Å². The number of rotatable bonds is 8. The SMILES string of the molecule is CCOC(=O)C1CCN(C(=O)CN(C)C(=O)c2ccc(OC)c(OC)c2OC)CC1. The summed E-state index contributed by atoms with van der Waals surface area (Å²) in [4.78, 5) is 40.5. The normalized spacial score (nSPS) is 14.1. The third-order valence-corrected chi connectivity index (χ3v) is 5.12. The zero-order chi connectivity index (χ0) is 22.3. The van der Waals surface area contributed by atoms with Crippen LogP contribution in [0.3, 0.4) is 0 Å². The van der Waals surface area contributed by atoms with Crippen LogP contribution in [-0.2, 0) is 14.3 Å². The molecule has 0 aromatic heterocycles. The summed E-state index contributed by atoms with van der Waals surface area (Å²) in [5.41, 5.74) is 0.270. The molecule has 1 heterocycles. The first-order chi connectivity index (χ1) is 14.4. The van der Waals surface area contributed by atoms with E-state index in [1.54, 1.807) is 31.0 Å². The van der Waals surface area contributed by atoms with Gasteiger partial charge in [0.25, 0.3) is 5.91 Å². The Hall–Kier alpha value is -2.97. The lowest BCUT2D eigenvalue weighted by molar-refractivity contribution is -0.151.